The maximum absolute atomic E-state index is 11.9. The number of ether oxygens (including phenoxy) is 4. The van der Waals surface area contributed by atoms with E-state index >= 15 is 0 Å². The molecule has 0 amide bonds. The summed E-state index contributed by atoms with van der Waals surface area (Å²) in [7, 11) is 0. The van der Waals surface area contributed by atoms with Crippen molar-refractivity contribution in [2.45, 2.75) is 96.7 Å². The van der Waals surface area contributed by atoms with Gasteiger partial charge in [-0.3, -0.25) is 9.59 Å². The van der Waals surface area contributed by atoms with E-state index in [0.29, 0.717) is 32.3 Å². The van der Waals surface area contributed by atoms with Crippen molar-refractivity contribution in [1.82, 2.24) is 0 Å². The van der Waals surface area contributed by atoms with Gasteiger partial charge in [-0.1, -0.05) is 12.2 Å². The van der Waals surface area contributed by atoms with Gasteiger partial charge in [-0.05, 0) is 52.4 Å². The van der Waals surface area contributed by atoms with Gasteiger partial charge in [0.1, 0.15) is 12.4 Å². The van der Waals surface area contributed by atoms with Crippen LogP contribution in [0.3, 0.4) is 0 Å². The summed E-state index contributed by atoms with van der Waals surface area (Å²) in [4.78, 5) is 35.0. The van der Waals surface area contributed by atoms with E-state index in [0.717, 1.165) is 32.0 Å². The maximum atomic E-state index is 11.9. The zero-order valence-electron chi connectivity index (χ0n) is 18.4. The maximum Gasteiger partial charge on any atom is 0.306 e. The number of aldehydes is 1. The van der Waals surface area contributed by atoms with Gasteiger partial charge in [0.05, 0.1) is 12.2 Å². The molecule has 2 fully saturated rings. The third kappa shape index (κ3) is 8.19. The minimum absolute atomic E-state index is 0.0944. The Morgan fingerprint density at radius 3 is 2.60 bits per heavy atom. The molecule has 0 N–H and O–H groups in total. The second kappa shape index (κ2) is 12.8. The van der Waals surface area contributed by atoms with E-state index in [1.807, 2.05) is 26.0 Å². The summed E-state index contributed by atoms with van der Waals surface area (Å²) < 4.78 is 22.4. The van der Waals surface area contributed by atoms with Crippen LogP contribution in [0.2, 0.25) is 0 Å². The molecule has 1 heterocycles. The predicted molar refractivity (Wildman–Crippen MR) is 111 cm³/mol. The number of carbonyl (C=O) groups is 3. The monoisotopic (exact) mass is 424 g/mol. The highest BCUT2D eigenvalue weighted by Gasteiger charge is 2.46. The van der Waals surface area contributed by atoms with Crippen LogP contribution in [0.4, 0.5) is 0 Å². The minimum Gasteiger partial charge on any atom is -0.463 e. The van der Waals surface area contributed by atoms with Gasteiger partial charge in [-0.2, -0.15) is 0 Å². The molecule has 0 aromatic rings. The van der Waals surface area contributed by atoms with Crippen LogP contribution in [0.15, 0.2) is 12.2 Å². The summed E-state index contributed by atoms with van der Waals surface area (Å²) >= 11 is 0. The van der Waals surface area contributed by atoms with Gasteiger partial charge in [0.2, 0.25) is 0 Å². The van der Waals surface area contributed by atoms with Crippen LogP contribution in [0.25, 0.3) is 0 Å². The fraction of sp³-hybridized carbons (Fsp3) is 0.783. The number of carbonyl (C=O) groups excluding carboxylic acids is 3. The zero-order valence-corrected chi connectivity index (χ0v) is 18.4. The second-order valence-corrected chi connectivity index (χ2v) is 8.37. The molecule has 7 heteroatoms. The van der Waals surface area contributed by atoms with E-state index in [1.54, 1.807) is 0 Å². The van der Waals surface area contributed by atoms with E-state index in [2.05, 4.69) is 0 Å². The first kappa shape index (κ1) is 24.5. The lowest BCUT2D eigenvalue weighted by Crippen LogP contribution is -2.32. The Hall–Kier alpha value is -1.73. The Morgan fingerprint density at radius 2 is 1.97 bits per heavy atom. The lowest BCUT2D eigenvalue weighted by Gasteiger charge is -2.27. The number of esters is 2. The standard InChI is InChI=1S/C23H36O7/c1-16(2)28-22(26)11-7-5-4-6-10-18-19(15-24)21(14-20(18)29-17(3)25)30-23-12-8-9-13-27-23/h4,6,15-16,18-21,23H,5,7-14H2,1-3H3/b6-4-/t18-,19-,20+,21-,23?/m1/s1. The number of allylic oxidation sites excluding steroid dienone is 2. The quantitative estimate of drug-likeness (QED) is 0.216. The average Bonchev–Trinajstić information content (AvgIpc) is 2.99. The number of unbranched alkanes of at least 4 members (excludes halogenated alkanes) is 1. The zero-order chi connectivity index (χ0) is 21.9. The number of hydrogen-bond donors (Lipinski definition) is 0. The Balaban J connectivity index is 1.87. The molecule has 1 aliphatic heterocycles. The molecule has 1 aliphatic carbocycles. The first-order valence-electron chi connectivity index (χ1n) is 11.1. The van der Waals surface area contributed by atoms with Gasteiger partial charge >= 0.3 is 11.9 Å². The van der Waals surface area contributed by atoms with Crippen molar-refractivity contribution in [3.63, 3.8) is 0 Å². The summed E-state index contributed by atoms with van der Waals surface area (Å²) in [6, 6.07) is 0. The molecular weight excluding hydrogens is 388 g/mol. The molecule has 0 spiro atoms. The first-order chi connectivity index (χ1) is 14.4. The highest BCUT2D eigenvalue weighted by Crippen LogP contribution is 2.39. The average molecular weight is 425 g/mol. The van der Waals surface area contributed by atoms with Crippen LogP contribution in [0, 0.1) is 11.8 Å². The van der Waals surface area contributed by atoms with E-state index in [9.17, 15) is 14.4 Å². The van der Waals surface area contributed by atoms with Crippen molar-refractivity contribution >= 4 is 18.2 Å². The lowest BCUT2D eigenvalue weighted by molar-refractivity contribution is -0.195. The highest BCUT2D eigenvalue weighted by atomic mass is 16.7. The van der Waals surface area contributed by atoms with Crippen molar-refractivity contribution < 1.29 is 33.3 Å². The van der Waals surface area contributed by atoms with Crippen molar-refractivity contribution in [2.75, 3.05) is 6.61 Å². The fourth-order valence-corrected chi connectivity index (χ4v) is 4.15. The summed E-state index contributed by atoms with van der Waals surface area (Å²) in [6.07, 6.45) is 9.76. The first-order valence-corrected chi connectivity index (χ1v) is 11.1. The van der Waals surface area contributed by atoms with Crippen LogP contribution in [-0.2, 0) is 33.3 Å². The highest BCUT2D eigenvalue weighted by molar-refractivity contribution is 5.69. The molecule has 30 heavy (non-hydrogen) atoms. The van der Waals surface area contributed by atoms with Gasteiger partial charge in [0.15, 0.2) is 6.29 Å². The van der Waals surface area contributed by atoms with E-state index in [-0.39, 0.29) is 48.4 Å². The van der Waals surface area contributed by atoms with Crippen LogP contribution in [-0.4, -0.2) is 49.4 Å². The third-order valence-electron chi connectivity index (χ3n) is 5.50. The molecule has 0 radical (unpaired) electrons. The molecule has 2 aliphatic rings. The molecule has 5 atom stereocenters. The number of rotatable bonds is 11. The molecule has 0 aromatic heterocycles. The fourth-order valence-electron chi connectivity index (χ4n) is 4.15. The molecule has 1 saturated carbocycles. The molecule has 1 unspecified atom stereocenters. The predicted octanol–water partition coefficient (Wildman–Crippen LogP) is 3.73. The minimum atomic E-state index is -0.350. The van der Waals surface area contributed by atoms with Crippen LogP contribution < -0.4 is 0 Å². The van der Waals surface area contributed by atoms with Gasteiger partial charge in [-0.25, -0.2) is 0 Å². The van der Waals surface area contributed by atoms with E-state index in [1.165, 1.54) is 6.92 Å². The Kier molecular flexibility index (Phi) is 10.5. The summed E-state index contributed by atoms with van der Waals surface area (Å²) in [6.45, 7) is 5.73. The van der Waals surface area contributed by atoms with E-state index < -0.39 is 0 Å². The van der Waals surface area contributed by atoms with Gasteiger partial charge < -0.3 is 23.7 Å². The SMILES string of the molecule is CC(=O)O[C@H]1C[C@@H](OC2CCCCO2)[C@H](C=O)[C@H]1C/C=C\CCCC(=O)OC(C)C. The van der Waals surface area contributed by atoms with Gasteiger partial charge in [-0.15, -0.1) is 0 Å². The molecule has 0 bridgehead atoms. The van der Waals surface area contributed by atoms with Crippen LogP contribution >= 0.6 is 0 Å². The molecule has 0 aromatic carbocycles. The molecule has 1 saturated heterocycles. The molecule has 170 valence electrons. The number of hydrogen-bond acceptors (Lipinski definition) is 7. The van der Waals surface area contributed by atoms with Crippen LogP contribution in [0.5, 0.6) is 0 Å². The van der Waals surface area contributed by atoms with Gasteiger partial charge in [0, 0.05) is 38.2 Å². The van der Waals surface area contributed by atoms with Crippen molar-refractivity contribution in [3.8, 4) is 0 Å². The van der Waals surface area contributed by atoms with Crippen molar-refractivity contribution in [1.29, 1.82) is 0 Å². The van der Waals surface area contributed by atoms with Crippen molar-refractivity contribution in [3.05, 3.63) is 12.2 Å². The molecular formula is C23H36O7. The summed E-state index contributed by atoms with van der Waals surface area (Å²) in [5, 5.41) is 0. The largest absolute Gasteiger partial charge is 0.463 e. The van der Waals surface area contributed by atoms with Gasteiger partial charge in [0.25, 0.3) is 0 Å². The normalized spacial score (nSPS) is 29.3. The second-order valence-electron chi connectivity index (χ2n) is 8.37. The smallest absolute Gasteiger partial charge is 0.306 e. The Labute approximate surface area is 179 Å². The third-order valence-corrected chi connectivity index (χ3v) is 5.50. The van der Waals surface area contributed by atoms with Crippen LogP contribution in [0.1, 0.15) is 72.1 Å². The van der Waals surface area contributed by atoms with E-state index in [4.69, 9.17) is 18.9 Å². The topological polar surface area (TPSA) is 88.1 Å². The Bertz CT molecular complexity index is 580. The summed E-state index contributed by atoms with van der Waals surface area (Å²) in [5.41, 5.74) is 0. The van der Waals surface area contributed by atoms with Crippen molar-refractivity contribution in [2.24, 2.45) is 11.8 Å². The summed E-state index contributed by atoms with van der Waals surface area (Å²) in [5.74, 6) is -1.00. The molecule has 7 nitrogen and oxygen atoms in total. The lowest BCUT2D eigenvalue weighted by atomic mass is 9.91. The molecule has 2 rings (SSSR count). The Morgan fingerprint density at radius 1 is 1.17 bits per heavy atom.